The van der Waals surface area contributed by atoms with E-state index in [1.165, 1.54) is 0 Å². The van der Waals surface area contributed by atoms with Crippen LogP contribution in [0, 0.1) is 0 Å². The molecular weight excluding hydrogens is 218 g/mol. The maximum Gasteiger partial charge on any atom is 0.224 e. The first-order valence-corrected chi connectivity index (χ1v) is 5.76. The Labute approximate surface area is 91.1 Å². The summed E-state index contributed by atoms with van der Waals surface area (Å²) in [4.78, 5) is 8.29. The van der Waals surface area contributed by atoms with Crippen LogP contribution in [0.5, 0.6) is 0 Å². The first-order valence-electron chi connectivity index (χ1n) is 4.44. The lowest BCUT2D eigenvalue weighted by atomic mass is 10.3. The molecule has 0 aliphatic rings. The molecule has 0 fully saturated rings. The van der Waals surface area contributed by atoms with Crippen LogP contribution >= 0.6 is 22.9 Å². The lowest BCUT2D eigenvalue weighted by molar-refractivity contribution is 0.970. The highest BCUT2D eigenvalue weighted by Gasteiger charge is 2.06. The minimum absolute atomic E-state index is 0.300. The average Bonchev–Trinajstić information content (AvgIpc) is 2.61. The van der Waals surface area contributed by atoms with Gasteiger partial charge in [-0.25, -0.2) is 9.97 Å². The van der Waals surface area contributed by atoms with Crippen LogP contribution in [0.3, 0.4) is 0 Å². The molecule has 0 unspecified atom stereocenters. The number of hydrogen-bond donors (Lipinski definition) is 1. The van der Waals surface area contributed by atoms with Gasteiger partial charge in [0.05, 0.1) is 10.9 Å². The number of nitrogens with zero attached hydrogens (tertiary/aromatic N) is 2. The second-order valence-corrected chi connectivity index (χ2v) is 4.02. The number of rotatable bonds is 3. The third kappa shape index (κ3) is 1.81. The van der Waals surface area contributed by atoms with Crippen molar-refractivity contribution in [1.82, 2.24) is 9.97 Å². The van der Waals surface area contributed by atoms with Crippen molar-refractivity contribution >= 4 is 39.7 Å². The van der Waals surface area contributed by atoms with Gasteiger partial charge in [-0.05, 0) is 18.0 Å². The average molecular weight is 228 g/mol. The molecule has 5 heteroatoms. The Morgan fingerprint density at radius 1 is 1.43 bits per heavy atom. The number of fused-ring (bicyclic) bond motifs is 1. The van der Waals surface area contributed by atoms with E-state index >= 15 is 0 Å². The molecule has 0 atom stereocenters. The van der Waals surface area contributed by atoms with Crippen molar-refractivity contribution in [3.8, 4) is 0 Å². The zero-order chi connectivity index (χ0) is 9.97. The first kappa shape index (κ1) is 9.68. The van der Waals surface area contributed by atoms with Crippen LogP contribution in [-0.2, 0) is 0 Å². The van der Waals surface area contributed by atoms with Crippen molar-refractivity contribution in [2.24, 2.45) is 0 Å². The lowest BCUT2D eigenvalue weighted by Crippen LogP contribution is -2.02. The maximum atomic E-state index is 5.80. The summed E-state index contributed by atoms with van der Waals surface area (Å²) in [6.07, 6.45) is 1.06. The van der Waals surface area contributed by atoms with Gasteiger partial charge in [-0.1, -0.05) is 6.92 Å². The molecule has 0 spiro atoms. The van der Waals surface area contributed by atoms with E-state index in [2.05, 4.69) is 22.2 Å². The summed E-state index contributed by atoms with van der Waals surface area (Å²) in [5, 5.41) is 8.59. The highest BCUT2D eigenvalue weighted by molar-refractivity contribution is 7.09. The first-order chi connectivity index (χ1) is 6.81. The predicted octanol–water partition coefficient (Wildman–Crippen LogP) is 3.17. The molecule has 0 aliphatic heterocycles. The summed E-state index contributed by atoms with van der Waals surface area (Å²) < 4.78 is 0. The van der Waals surface area contributed by atoms with Gasteiger partial charge in [0.2, 0.25) is 5.28 Å². The molecule has 2 heterocycles. The van der Waals surface area contributed by atoms with Gasteiger partial charge < -0.3 is 5.32 Å². The Morgan fingerprint density at radius 3 is 3.07 bits per heavy atom. The van der Waals surface area contributed by atoms with Crippen LogP contribution in [0.15, 0.2) is 10.8 Å². The van der Waals surface area contributed by atoms with Crippen LogP contribution in [0.1, 0.15) is 13.3 Å². The van der Waals surface area contributed by atoms with Gasteiger partial charge in [-0.3, -0.25) is 0 Å². The minimum atomic E-state index is 0.300. The van der Waals surface area contributed by atoms with Crippen molar-refractivity contribution in [3.05, 3.63) is 16.0 Å². The summed E-state index contributed by atoms with van der Waals surface area (Å²) in [5.74, 6) is 0.836. The van der Waals surface area contributed by atoms with E-state index in [4.69, 9.17) is 11.6 Å². The fourth-order valence-electron chi connectivity index (χ4n) is 1.21. The molecule has 74 valence electrons. The standard InChI is InChI=1S/C9H10ClN3S/c1-2-3-11-8-6-4-14-5-7(6)12-9(10)13-8/h4-5H,2-3H2,1H3,(H,11,12,13). The fraction of sp³-hybridized carbons (Fsp3) is 0.333. The van der Waals surface area contributed by atoms with Crippen LogP contribution in [0.25, 0.3) is 10.9 Å². The maximum absolute atomic E-state index is 5.80. The summed E-state index contributed by atoms with van der Waals surface area (Å²) in [7, 11) is 0. The highest BCUT2D eigenvalue weighted by Crippen LogP contribution is 2.25. The minimum Gasteiger partial charge on any atom is -0.369 e. The lowest BCUT2D eigenvalue weighted by Gasteiger charge is -2.04. The topological polar surface area (TPSA) is 37.8 Å². The van der Waals surface area contributed by atoms with Crippen LogP contribution in [0.2, 0.25) is 5.28 Å². The smallest absolute Gasteiger partial charge is 0.224 e. The van der Waals surface area contributed by atoms with Crippen LogP contribution in [0.4, 0.5) is 5.82 Å². The molecule has 0 aliphatic carbocycles. The van der Waals surface area contributed by atoms with Gasteiger partial charge >= 0.3 is 0 Å². The Kier molecular flexibility index (Phi) is 2.84. The molecule has 0 bridgehead atoms. The number of thiophene rings is 1. The number of nitrogens with one attached hydrogen (secondary N) is 1. The predicted molar refractivity (Wildman–Crippen MR) is 61.2 cm³/mol. The Bertz CT molecular complexity index is 441. The van der Waals surface area contributed by atoms with Gasteiger partial charge in [-0.2, -0.15) is 0 Å². The van der Waals surface area contributed by atoms with Crippen LogP contribution in [-0.4, -0.2) is 16.5 Å². The van der Waals surface area contributed by atoms with Gasteiger partial charge in [0, 0.05) is 17.3 Å². The summed E-state index contributed by atoms with van der Waals surface area (Å²) in [6, 6.07) is 0. The molecule has 1 N–H and O–H groups in total. The molecule has 0 amide bonds. The molecule has 2 aromatic heterocycles. The monoisotopic (exact) mass is 227 g/mol. The van der Waals surface area contributed by atoms with Crippen molar-refractivity contribution in [1.29, 1.82) is 0 Å². The molecule has 0 aromatic carbocycles. The highest BCUT2D eigenvalue weighted by atomic mass is 35.5. The third-order valence-electron chi connectivity index (χ3n) is 1.86. The molecule has 2 aromatic rings. The summed E-state index contributed by atoms with van der Waals surface area (Å²) in [6.45, 7) is 3.01. The molecule has 2 rings (SSSR count). The van der Waals surface area contributed by atoms with E-state index in [9.17, 15) is 0 Å². The zero-order valence-corrected chi connectivity index (χ0v) is 9.32. The van der Waals surface area contributed by atoms with Gasteiger partial charge in [0.25, 0.3) is 0 Å². The largest absolute Gasteiger partial charge is 0.369 e. The summed E-state index contributed by atoms with van der Waals surface area (Å²) >= 11 is 7.41. The normalized spacial score (nSPS) is 10.7. The van der Waals surface area contributed by atoms with E-state index in [1.54, 1.807) is 11.3 Å². The second kappa shape index (κ2) is 4.11. The Hall–Kier alpha value is -0.870. The van der Waals surface area contributed by atoms with E-state index in [-0.39, 0.29) is 0 Å². The number of aromatic nitrogens is 2. The van der Waals surface area contributed by atoms with Gasteiger partial charge in [-0.15, -0.1) is 11.3 Å². The van der Waals surface area contributed by atoms with Gasteiger partial charge in [0.1, 0.15) is 5.82 Å². The van der Waals surface area contributed by atoms with E-state index in [0.717, 1.165) is 29.7 Å². The van der Waals surface area contributed by atoms with Crippen molar-refractivity contribution < 1.29 is 0 Å². The summed E-state index contributed by atoms with van der Waals surface area (Å²) in [5.41, 5.74) is 0.911. The van der Waals surface area contributed by atoms with Crippen molar-refractivity contribution in [2.75, 3.05) is 11.9 Å². The molecule has 0 saturated heterocycles. The van der Waals surface area contributed by atoms with Crippen LogP contribution < -0.4 is 5.32 Å². The molecule has 3 nitrogen and oxygen atoms in total. The number of hydrogen-bond acceptors (Lipinski definition) is 4. The van der Waals surface area contributed by atoms with Crippen molar-refractivity contribution in [3.63, 3.8) is 0 Å². The molecular formula is C9H10ClN3S. The molecule has 0 radical (unpaired) electrons. The number of halogens is 1. The second-order valence-electron chi connectivity index (χ2n) is 2.94. The Morgan fingerprint density at radius 2 is 2.29 bits per heavy atom. The van der Waals surface area contributed by atoms with Gasteiger partial charge in [0.15, 0.2) is 0 Å². The number of anilines is 1. The quantitative estimate of drug-likeness (QED) is 0.819. The third-order valence-corrected chi connectivity index (χ3v) is 2.76. The molecule has 0 saturated carbocycles. The molecule has 14 heavy (non-hydrogen) atoms. The SMILES string of the molecule is CCCNc1nc(Cl)nc2cscc12. The Balaban J connectivity index is 2.44. The fourth-order valence-corrected chi connectivity index (χ4v) is 2.13. The van der Waals surface area contributed by atoms with Crippen molar-refractivity contribution in [2.45, 2.75) is 13.3 Å². The van der Waals surface area contributed by atoms with E-state index in [1.807, 2.05) is 10.8 Å². The van der Waals surface area contributed by atoms with E-state index in [0.29, 0.717) is 5.28 Å². The van der Waals surface area contributed by atoms with E-state index < -0.39 is 0 Å². The zero-order valence-electron chi connectivity index (χ0n) is 7.75.